The smallest absolute Gasteiger partial charge is 0.257 e. The summed E-state index contributed by atoms with van der Waals surface area (Å²) in [6, 6.07) is 13.1. The van der Waals surface area contributed by atoms with Gasteiger partial charge in [-0.1, -0.05) is 43.0 Å². The molecule has 2 N–H and O–H groups in total. The van der Waals surface area contributed by atoms with Crippen LogP contribution in [0.2, 0.25) is 5.02 Å². The van der Waals surface area contributed by atoms with Crippen molar-refractivity contribution in [2.24, 2.45) is 0 Å². The Balaban J connectivity index is 1.43. The summed E-state index contributed by atoms with van der Waals surface area (Å²) in [5.74, 6) is -0.242. The number of fused-ring (bicyclic) bond motifs is 2. The number of halogens is 1. The third-order valence-electron chi connectivity index (χ3n) is 5.94. The SMILES string of the molecule is O=C1Nc2cc(Cl)ccc2N(C(=O)CCCCCNC2CCCC2)c2ccccc21. The molecule has 2 aliphatic rings. The van der Waals surface area contributed by atoms with Crippen molar-refractivity contribution >= 4 is 40.5 Å². The quantitative estimate of drug-likeness (QED) is 0.562. The number of unbranched alkanes of at least 4 members (excludes halogenated alkanes) is 2. The molecule has 0 unspecified atom stereocenters. The van der Waals surface area contributed by atoms with Crippen LogP contribution in [0.5, 0.6) is 0 Å². The van der Waals surface area contributed by atoms with Crippen LogP contribution in [-0.2, 0) is 4.79 Å². The van der Waals surface area contributed by atoms with Crippen LogP contribution in [0.3, 0.4) is 0 Å². The summed E-state index contributed by atoms with van der Waals surface area (Å²) < 4.78 is 0. The molecule has 0 spiro atoms. The maximum atomic E-state index is 13.2. The van der Waals surface area contributed by atoms with E-state index >= 15 is 0 Å². The van der Waals surface area contributed by atoms with Crippen LogP contribution in [0.4, 0.5) is 17.1 Å². The van der Waals surface area contributed by atoms with E-state index in [0.29, 0.717) is 40.1 Å². The van der Waals surface area contributed by atoms with Gasteiger partial charge in [-0.15, -0.1) is 0 Å². The van der Waals surface area contributed by atoms with Crippen LogP contribution in [0.25, 0.3) is 0 Å². The van der Waals surface area contributed by atoms with Gasteiger partial charge in [-0.05, 0) is 62.6 Å². The fourth-order valence-electron chi connectivity index (χ4n) is 4.38. The third-order valence-corrected chi connectivity index (χ3v) is 6.18. The van der Waals surface area contributed by atoms with E-state index in [1.54, 1.807) is 35.2 Å². The van der Waals surface area contributed by atoms with Crippen LogP contribution < -0.4 is 15.5 Å². The highest BCUT2D eigenvalue weighted by molar-refractivity contribution is 6.31. The van der Waals surface area contributed by atoms with Crippen molar-refractivity contribution in [3.8, 4) is 0 Å². The summed E-state index contributed by atoms with van der Waals surface area (Å²) in [6.07, 6.45) is 8.62. The lowest BCUT2D eigenvalue weighted by molar-refractivity contribution is -0.118. The number of anilines is 3. The van der Waals surface area contributed by atoms with Gasteiger partial charge in [0.1, 0.15) is 0 Å². The summed E-state index contributed by atoms with van der Waals surface area (Å²) in [6.45, 7) is 1.02. The van der Waals surface area contributed by atoms with Crippen molar-refractivity contribution in [1.29, 1.82) is 0 Å². The Morgan fingerprint density at radius 3 is 2.70 bits per heavy atom. The third kappa shape index (κ3) is 4.68. The molecule has 2 amide bonds. The van der Waals surface area contributed by atoms with E-state index < -0.39 is 0 Å². The van der Waals surface area contributed by atoms with Crippen LogP contribution in [-0.4, -0.2) is 24.4 Å². The predicted molar refractivity (Wildman–Crippen MR) is 122 cm³/mol. The van der Waals surface area contributed by atoms with Gasteiger partial charge < -0.3 is 10.6 Å². The Morgan fingerprint density at radius 2 is 1.87 bits per heavy atom. The highest BCUT2D eigenvalue weighted by atomic mass is 35.5. The Kier molecular flexibility index (Phi) is 6.70. The number of hydrogen-bond acceptors (Lipinski definition) is 3. The summed E-state index contributed by atoms with van der Waals surface area (Å²) in [7, 11) is 0. The summed E-state index contributed by atoms with van der Waals surface area (Å²) in [5.41, 5.74) is 2.31. The van der Waals surface area contributed by atoms with Gasteiger partial charge in [0.25, 0.3) is 5.91 Å². The van der Waals surface area contributed by atoms with Crippen LogP contribution in [0.1, 0.15) is 61.7 Å². The van der Waals surface area contributed by atoms with Crippen molar-refractivity contribution in [2.45, 2.75) is 57.4 Å². The first-order valence-electron chi connectivity index (χ1n) is 10.9. The van der Waals surface area contributed by atoms with E-state index in [1.165, 1.54) is 25.7 Å². The molecule has 2 aromatic rings. The van der Waals surface area contributed by atoms with Crippen LogP contribution in [0.15, 0.2) is 42.5 Å². The van der Waals surface area contributed by atoms with E-state index in [-0.39, 0.29) is 11.8 Å². The topological polar surface area (TPSA) is 61.4 Å². The minimum Gasteiger partial charge on any atom is -0.320 e. The van der Waals surface area contributed by atoms with Crippen molar-refractivity contribution in [3.63, 3.8) is 0 Å². The van der Waals surface area contributed by atoms with Crippen LogP contribution >= 0.6 is 11.6 Å². The van der Waals surface area contributed by atoms with E-state index in [1.807, 2.05) is 12.1 Å². The number of amides is 2. The second-order valence-corrected chi connectivity index (χ2v) is 8.54. The minimum absolute atomic E-state index is 0.00808. The van der Waals surface area contributed by atoms with E-state index in [9.17, 15) is 9.59 Å². The van der Waals surface area contributed by atoms with E-state index in [2.05, 4.69) is 10.6 Å². The molecule has 0 aromatic heterocycles. The van der Waals surface area contributed by atoms with Crippen molar-refractivity contribution in [1.82, 2.24) is 5.32 Å². The van der Waals surface area contributed by atoms with Gasteiger partial charge >= 0.3 is 0 Å². The van der Waals surface area contributed by atoms with Gasteiger partial charge in [0, 0.05) is 17.5 Å². The number of carbonyl (C=O) groups excluding carboxylic acids is 2. The largest absolute Gasteiger partial charge is 0.320 e. The van der Waals surface area contributed by atoms with Crippen molar-refractivity contribution < 1.29 is 9.59 Å². The first-order valence-corrected chi connectivity index (χ1v) is 11.3. The maximum absolute atomic E-state index is 13.2. The average molecular weight is 426 g/mol. The maximum Gasteiger partial charge on any atom is 0.257 e. The Hall–Kier alpha value is -2.37. The highest BCUT2D eigenvalue weighted by Gasteiger charge is 2.29. The monoisotopic (exact) mass is 425 g/mol. The lowest BCUT2D eigenvalue weighted by Gasteiger charge is -2.24. The molecule has 1 heterocycles. The molecule has 0 bridgehead atoms. The molecule has 30 heavy (non-hydrogen) atoms. The molecule has 4 rings (SSSR count). The number of nitrogens with zero attached hydrogens (tertiary/aromatic N) is 1. The first-order chi connectivity index (χ1) is 14.6. The second-order valence-electron chi connectivity index (χ2n) is 8.11. The zero-order valence-electron chi connectivity index (χ0n) is 17.1. The van der Waals surface area contributed by atoms with Gasteiger partial charge in [-0.3, -0.25) is 14.5 Å². The lowest BCUT2D eigenvalue weighted by Crippen LogP contribution is -2.27. The Morgan fingerprint density at radius 1 is 1.07 bits per heavy atom. The Bertz CT molecular complexity index is 924. The minimum atomic E-state index is -0.234. The molecular weight excluding hydrogens is 398 g/mol. The number of nitrogens with one attached hydrogen (secondary N) is 2. The molecule has 1 aliphatic heterocycles. The zero-order chi connectivity index (χ0) is 20.9. The molecule has 158 valence electrons. The van der Waals surface area contributed by atoms with E-state index in [4.69, 9.17) is 11.6 Å². The fraction of sp³-hybridized carbons (Fsp3) is 0.417. The van der Waals surface area contributed by atoms with Crippen molar-refractivity contribution in [3.05, 3.63) is 53.1 Å². The van der Waals surface area contributed by atoms with E-state index in [0.717, 1.165) is 25.8 Å². The van der Waals surface area contributed by atoms with Gasteiger partial charge in [0.15, 0.2) is 0 Å². The first kappa shape index (κ1) is 20.9. The standard InChI is InChI=1S/C24H28ClN3O2/c25-17-13-14-22-20(16-17)27-24(30)19-10-5-6-11-21(19)28(22)23(29)12-2-1-7-15-26-18-8-3-4-9-18/h5-6,10-11,13-14,16,18,26H,1-4,7-9,12,15H2,(H,27,30). The predicted octanol–water partition coefficient (Wildman–Crippen LogP) is 5.66. The number of benzene rings is 2. The summed E-state index contributed by atoms with van der Waals surface area (Å²) in [5, 5.41) is 7.03. The molecular formula is C24H28ClN3O2. The molecule has 6 heteroatoms. The number of hydrogen-bond donors (Lipinski definition) is 2. The molecule has 5 nitrogen and oxygen atoms in total. The second kappa shape index (κ2) is 9.63. The summed E-state index contributed by atoms with van der Waals surface area (Å²) >= 11 is 6.13. The van der Waals surface area contributed by atoms with Gasteiger partial charge in [-0.2, -0.15) is 0 Å². The number of para-hydroxylation sites is 1. The van der Waals surface area contributed by atoms with Gasteiger partial charge in [0.2, 0.25) is 5.91 Å². The van der Waals surface area contributed by atoms with Gasteiger partial charge in [-0.25, -0.2) is 0 Å². The normalized spacial score (nSPS) is 16.0. The number of rotatable bonds is 7. The lowest BCUT2D eigenvalue weighted by atomic mass is 10.1. The zero-order valence-corrected chi connectivity index (χ0v) is 17.9. The molecule has 1 saturated carbocycles. The molecule has 2 aromatic carbocycles. The highest BCUT2D eigenvalue weighted by Crippen LogP contribution is 2.39. The summed E-state index contributed by atoms with van der Waals surface area (Å²) in [4.78, 5) is 27.6. The van der Waals surface area contributed by atoms with Gasteiger partial charge in [0.05, 0.1) is 22.6 Å². The van der Waals surface area contributed by atoms with Crippen LogP contribution in [0, 0.1) is 0 Å². The average Bonchev–Trinajstić information content (AvgIpc) is 3.22. The molecule has 1 fully saturated rings. The van der Waals surface area contributed by atoms with Crippen molar-refractivity contribution in [2.75, 3.05) is 16.8 Å². The molecule has 0 saturated heterocycles. The fourth-order valence-corrected chi connectivity index (χ4v) is 4.55. The molecule has 0 radical (unpaired) electrons. The molecule has 0 atom stereocenters. The Labute approximate surface area is 182 Å². The molecule has 1 aliphatic carbocycles. The number of carbonyl (C=O) groups is 2.